The second-order valence-electron chi connectivity index (χ2n) is 3.29. The van der Waals surface area contributed by atoms with E-state index >= 15 is 0 Å². The van der Waals surface area contributed by atoms with E-state index in [0.717, 1.165) is 16.1 Å². The molecule has 74 valence electrons. The van der Waals surface area contributed by atoms with Crippen LogP contribution in [0.5, 0.6) is 0 Å². The Morgan fingerprint density at radius 3 is 3.07 bits per heavy atom. The maximum absolute atomic E-state index is 11.4. The number of thioether (sulfide) groups is 1. The average molecular weight is 208 g/mol. The minimum Gasteiger partial charge on any atom is -0.323 e. The lowest BCUT2D eigenvalue weighted by Gasteiger charge is -2.23. The normalized spacial score (nSPS) is 20.1. The van der Waals surface area contributed by atoms with Crippen molar-refractivity contribution in [1.29, 1.82) is 0 Å². The number of carbonyl (C=O) groups excluding carboxylic acids is 1. The van der Waals surface area contributed by atoms with Crippen molar-refractivity contribution in [3.63, 3.8) is 0 Å². The van der Waals surface area contributed by atoms with E-state index in [0.29, 0.717) is 6.42 Å². The maximum atomic E-state index is 11.4. The SMILES string of the molecule is CSc1cccc2c1NC(=O)C(N)C2. The fraction of sp³-hybridized carbons (Fsp3) is 0.300. The summed E-state index contributed by atoms with van der Waals surface area (Å²) in [6.07, 6.45) is 2.63. The summed E-state index contributed by atoms with van der Waals surface area (Å²) in [6.45, 7) is 0. The number of fused-ring (bicyclic) bond motifs is 1. The van der Waals surface area contributed by atoms with Crippen LogP contribution in [0.3, 0.4) is 0 Å². The van der Waals surface area contributed by atoms with Gasteiger partial charge in [-0.2, -0.15) is 0 Å². The average Bonchev–Trinajstić information content (AvgIpc) is 2.19. The van der Waals surface area contributed by atoms with Gasteiger partial charge in [0, 0.05) is 4.90 Å². The Morgan fingerprint density at radius 2 is 2.36 bits per heavy atom. The monoisotopic (exact) mass is 208 g/mol. The van der Waals surface area contributed by atoms with Gasteiger partial charge in [-0.3, -0.25) is 4.79 Å². The molecule has 2 rings (SSSR count). The van der Waals surface area contributed by atoms with E-state index in [-0.39, 0.29) is 5.91 Å². The van der Waals surface area contributed by atoms with Crippen molar-refractivity contribution in [3.05, 3.63) is 23.8 Å². The molecular formula is C10H12N2OS. The highest BCUT2D eigenvalue weighted by Gasteiger charge is 2.23. The van der Waals surface area contributed by atoms with Crippen LogP contribution in [0, 0.1) is 0 Å². The largest absolute Gasteiger partial charge is 0.323 e. The van der Waals surface area contributed by atoms with Crippen molar-refractivity contribution in [2.24, 2.45) is 5.73 Å². The smallest absolute Gasteiger partial charge is 0.241 e. The maximum Gasteiger partial charge on any atom is 0.241 e. The fourth-order valence-corrected chi connectivity index (χ4v) is 2.21. The van der Waals surface area contributed by atoms with E-state index in [4.69, 9.17) is 5.73 Å². The zero-order valence-corrected chi connectivity index (χ0v) is 8.73. The summed E-state index contributed by atoms with van der Waals surface area (Å²) >= 11 is 1.63. The third-order valence-electron chi connectivity index (χ3n) is 2.36. The van der Waals surface area contributed by atoms with Gasteiger partial charge in [0.15, 0.2) is 0 Å². The topological polar surface area (TPSA) is 55.1 Å². The fourth-order valence-electron chi connectivity index (χ4n) is 1.60. The molecule has 0 bridgehead atoms. The molecule has 0 radical (unpaired) electrons. The third kappa shape index (κ3) is 1.51. The minimum atomic E-state index is -0.403. The molecule has 14 heavy (non-hydrogen) atoms. The zero-order valence-electron chi connectivity index (χ0n) is 7.91. The number of para-hydroxylation sites is 1. The summed E-state index contributed by atoms with van der Waals surface area (Å²) in [5.41, 5.74) is 7.73. The Balaban J connectivity index is 2.46. The van der Waals surface area contributed by atoms with Gasteiger partial charge in [0.1, 0.15) is 0 Å². The number of hydrogen-bond donors (Lipinski definition) is 2. The molecule has 4 heteroatoms. The number of nitrogens with two attached hydrogens (primary N) is 1. The summed E-state index contributed by atoms with van der Waals surface area (Å²) in [5, 5.41) is 2.84. The predicted octanol–water partition coefficient (Wildman–Crippen LogP) is 1.23. The Morgan fingerprint density at radius 1 is 1.57 bits per heavy atom. The van der Waals surface area contributed by atoms with Crippen LogP contribution in [0.15, 0.2) is 23.1 Å². The van der Waals surface area contributed by atoms with Crippen molar-refractivity contribution in [2.45, 2.75) is 17.4 Å². The minimum absolute atomic E-state index is 0.0843. The Bertz CT molecular complexity index is 378. The number of anilines is 1. The second-order valence-corrected chi connectivity index (χ2v) is 4.14. The molecule has 1 aliphatic heterocycles. The van der Waals surface area contributed by atoms with Gasteiger partial charge in [0.25, 0.3) is 0 Å². The quantitative estimate of drug-likeness (QED) is 0.682. The zero-order chi connectivity index (χ0) is 10.1. The lowest BCUT2D eigenvalue weighted by Crippen LogP contribution is -2.41. The van der Waals surface area contributed by atoms with Crippen molar-refractivity contribution in [2.75, 3.05) is 11.6 Å². The summed E-state index contributed by atoms with van der Waals surface area (Å²) in [4.78, 5) is 12.5. The molecule has 1 atom stereocenters. The molecule has 0 fully saturated rings. The van der Waals surface area contributed by atoms with Crippen LogP contribution in [0.1, 0.15) is 5.56 Å². The molecule has 3 N–H and O–H groups in total. The molecule has 0 saturated heterocycles. The van der Waals surface area contributed by atoms with Crippen LogP contribution < -0.4 is 11.1 Å². The lowest BCUT2D eigenvalue weighted by atomic mass is 10.00. The third-order valence-corrected chi connectivity index (χ3v) is 3.14. The van der Waals surface area contributed by atoms with Gasteiger partial charge in [-0.15, -0.1) is 11.8 Å². The first-order valence-electron chi connectivity index (χ1n) is 4.44. The molecule has 1 amide bonds. The van der Waals surface area contributed by atoms with Gasteiger partial charge in [0.2, 0.25) is 5.91 Å². The van der Waals surface area contributed by atoms with E-state index in [1.54, 1.807) is 11.8 Å². The molecule has 1 unspecified atom stereocenters. The van der Waals surface area contributed by atoms with Crippen molar-refractivity contribution >= 4 is 23.4 Å². The van der Waals surface area contributed by atoms with Crippen LogP contribution in [0.4, 0.5) is 5.69 Å². The molecule has 0 aromatic heterocycles. The standard InChI is InChI=1S/C10H12N2OS/c1-14-8-4-2-3-6-5-7(11)10(13)12-9(6)8/h2-4,7H,5,11H2,1H3,(H,12,13). The summed E-state index contributed by atoms with van der Waals surface area (Å²) in [6, 6.07) is 5.60. The Labute approximate surface area is 87.1 Å². The Hall–Kier alpha value is -1.00. The molecule has 1 aliphatic rings. The molecular weight excluding hydrogens is 196 g/mol. The van der Waals surface area contributed by atoms with Crippen LogP contribution in [-0.4, -0.2) is 18.2 Å². The number of benzene rings is 1. The van der Waals surface area contributed by atoms with Crippen LogP contribution in [-0.2, 0) is 11.2 Å². The van der Waals surface area contributed by atoms with E-state index in [1.807, 2.05) is 24.5 Å². The molecule has 1 heterocycles. The van der Waals surface area contributed by atoms with Crippen LogP contribution in [0.25, 0.3) is 0 Å². The number of nitrogens with one attached hydrogen (secondary N) is 1. The highest BCUT2D eigenvalue weighted by atomic mass is 32.2. The molecule has 1 aromatic rings. The summed E-state index contributed by atoms with van der Waals surface area (Å²) in [5.74, 6) is -0.0843. The first kappa shape index (κ1) is 9.55. The highest BCUT2D eigenvalue weighted by molar-refractivity contribution is 7.98. The highest BCUT2D eigenvalue weighted by Crippen LogP contribution is 2.31. The summed E-state index contributed by atoms with van der Waals surface area (Å²) in [7, 11) is 0. The van der Waals surface area contributed by atoms with Gasteiger partial charge in [-0.1, -0.05) is 12.1 Å². The molecule has 0 aliphatic carbocycles. The van der Waals surface area contributed by atoms with Gasteiger partial charge in [0.05, 0.1) is 11.7 Å². The predicted molar refractivity (Wildman–Crippen MR) is 58.5 cm³/mol. The van der Waals surface area contributed by atoms with E-state index in [2.05, 4.69) is 5.32 Å². The van der Waals surface area contributed by atoms with E-state index < -0.39 is 6.04 Å². The van der Waals surface area contributed by atoms with Crippen molar-refractivity contribution in [3.8, 4) is 0 Å². The molecule has 0 saturated carbocycles. The van der Waals surface area contributed by atoms with Crippen molar-refractivity contribution in [1.82, 2.24) is 0 Å². The Kier molecular flexibility index (Phi) is 2.48. The van der Waals surface area contributed by atoms with Crippen LogP contribution >= 0.6 is 11.8 Å². The van der Waals surface area contributed by atoms with Gasteiger partial charge < -0.3 is 11.1 Å². The number of amides is 1. The number of hydrogen-bond acceptors (Lipinski definition) is 3. The summed E-state index contributed by atoms with van der Waals surface area (Å²) < 4.78 is 0. The van der Waals surface area contributed by atoms with E-state index in [1.165, 1.54) is 0 Å². The molecule has 3 nitrogen and oxygen atoms in total. The number of carbonyl (C=O) groups is 1. The van der Waals surface area contributed by atoms with Crippen molar-refractivity contribution < 1.29 is 4.79 Å². The second kappa shape index (κ2) is 3.63. The first-order chi connectivity index (χ1) is 6.72. The number of rotatable bonds is 1. The van der Waals surface area contributed by atoms with Gasteiger partial charge in [-0.05, 0) is 24.3 Å². The lowest BCUT2D eigenvalue weighted by molar-refractivity contribution is -0.117. The molecule has 0 spiro atoms. The van der Waals surface area contributed by atoms with Gasteiger partial charge >= 0.3 is 0 Å². The van der Waals surface area contributed by atoms with Gasteiger partial charge in [-0.25, -0.2) is 0 Å². The molecule has 1 aromatic carbocycles. The van der Waals surface area contributed by atoms with E-state index in [9.17, 15) is 4.79 Å². The first-order valence-corrected chi connectivity index (χ1v) is 5.67. The van der Waals surface area contributed by atoms with Crippen LogP contribution in [0.2, 0.25) is 0 Å².